The van der Waals surface area contributed by atoms with Crippen LogP contribution in [-0.4, -0.2) is 74.0 Å². The molecule has 0 aliphatic carbocycles. The predicted molar refractivity (Wildman–Crippen MR) is 120 cm³/mol. The van der Waals surface area contributed by atoms with Crippen molar-refractivity contribution >= 4 is 33.5 Å². The standard InChI is InChI=1S/C22H31ClN2O6S/c1-15-13-24(14-16(2)30-15)21(26)17(3)31-22(27)18-8-9-19(23)20(12-18)32(28,29)25-10-6-4-5-7-11-25/h8-9,12,15-17H,4-7,10-11,13-14H2,1-3H3. The lowest BCUT2D eigenvalue weighted by atomic mass is 10.2. The molecule has 0 aromatic heterocycles. The van der Waals surface area contributed by atoms with E-state index in [2.05, 4.69) is 0 Å². The van der Waals surface area contributed by atoms with E-state index in [0.717, 1.165) is 25.7 Å². The van der Waals surface area contributed by atoms with E-state index in [-0.39, 0.29) is 33.6 Å². The van der Waals surface area contributed by atoms with Crippen LogP contribution in [0, 0.1) is 0 Å². The highest BCUT2D eigenvalue weighted by Gasteiger charge is 2.32. The van der Waals surface area contributed by atoms with Gasteiger partial charge in [0.1, 0.15) is 4.90 Å². The maximum absolute atomic E-state index is 13.2. The number of carbonyl (C=O) groups excluding carboxylic acids is 2. The minimum absolute atomic E-state index is 0.0335. The van der Waals surface area contributed by atoms with Crippen LogP contribution in [0.5, 0.6) is 0 Å². The van der Waals surface area contributed by atoms with E-state index in [0.29, 0.717) is 26.2 Å². The van der Waals surface area contributed by atoms with Crippen LogP contribution in [0.4, 0.5) is 0 Å². The predicted octanol–water partition coefficient (Wildman–Crippen LogP) is 3.09. The number of morpholine rings is 1. The highest BCUT2D eigenvalue weighted by atomic mass is 35.5. The quantitative estimate of drug-likeness (QED) is 0.594. The Bertz CT molecular complexity index is 936. The molecule has 0 saturated carbocycles. The molecule has 1 amide bonds. The van der Waals surface area contributed by atoms with Gasteiger partial charge in [0, 0.05) is 26.2 Å². The summed E-state index contributed by atoms with van der Waals surface area (Å²) in [7, 11) is -3.84. The summed E-state index contributed by atoms with van der Waals surface area (Å²) in [5.41, 5.74) is 0.0335. The highest BCUT2D eigenvalue weighted by Crippen LogP contribution is 2.28. The molecule has 3 unspecified atom stereocenters. The number of hydrogen-bond donors (Lipinski definition) is 0. The van der Waals surface area contributed by atoms with Gasteiger partial charge in [-0.05, 0) is 51.8 Å². The number of sulfonamides is 1. The number of nitrogens with zero attached hydrogens (tertiary/aromatic N) is 2. The summed E-state index contributed by atoms with van der Waals surface area (Å²) in [5, 5.41) is 0.0474. The zero-order chi connectivity index (χ0) is 23.5. The zero-order valence-electron chi connectivity index (χ0n) is 18.8. The van der Waals surface area contributed by atoms with Gasteiger partial charge in [0.15, 0.2) is 6.10 Å². The summed E-state index contributed by atoms with van der Waals surface area (Å²) in [6, 6.07) is 4.02. The summed E-state index contributed by atoms with van der Waals surface area (Å²) < 4.78 is 38.7. The molecular formula is C22H31ClN2O6S. The normalized spacial score (nSPS) is 23.9. The molecule has 0 radical (unpaired) electrons. The molecule has 0 N–H and O–H groups in total. The Hall–Kier alpha value is -1.68. The third-order valence-corrected chi connectivity index (χ3v) is 8.09. The fourth-order valence-electron chi connectivity index (χ4n) is 4.14. The second kappa shape index (κ2) is 10.5. The van der Waals surface area contributed by atoms with Gasteiger partial charge in [0.2, 0.25) is 10.0 Å². The van der Waals surface area contributed by atoms with Crippen molar-refractivity contribution in [2.75, 3.05) is 26.2 Å². The van der Waals surface area contributed by atoms with E-state index in [9.17, 15) is 18.0 Å². The number of benzene rings is 1. The Labute approximate surface area is 194 Å². The van der Waals surface area contributed by atoms with Crippen LogP contribution in [0.25, 0.3) is 0 Å². The van der Waals surface area contributed by atoms with Gasteiger partial charge in [0.05, 0.1) is 22.8 Å². The van der Waals surface area contributed by atoms with E-state index in [1.807, 2.05) is 13.8 Å². The lowest BCUT2D eigenvalue weighted by Crippen LogP contribution is -2.51. The number of carbonyl (C=O) groups is 2. The monoisotopic (exact) mass is 486 g/mol. The molecule has 0 spiro atoms. The molecule has 1 aromatic rings. The second-order valence-corrected chi connectivity index (χ2v) is 10.8. The van der Waals surface area contributed by atoms with Gasteiger partial charge in [0.25, 0.3) is 5.91 Å². The van der Waals surface area contributed by atoms with Gasteiger partial charge in [-0.1, -0.05) is 24.4 Å². The van der Waals surface area contributed by atoms with Crippen molar-refractivity contribution < 1.29 is 27.5 Å². The summed E-state index contributed by atoms with van der Waals surface area (Å²) in [4.78, 5) is 27.0. The Morgan fingerprint density at radius 3 is 2.28 bits per heavy atom. The Morgan fingerprint density at radius 1 is 1.09 bits per heavy atom. The lowest BCUT2D eigenvalue weighted by molar-refractivity contribution is -0.151. The van der Waals surface area contributed by atoms with Crippen molar-refractivity contribution in [3.8, 4) is 0 Å². The lowest BCUT2D eigenvalue weighted by Gasteiger charge is -2.36. The van der Waals surface area contributed by atoms with Gasteiger partial charge in [-0.3, -0.25) is 4.79 Å². The number of halogens is 1. The molecule has 32 heavy (non-hydrogen) atoms. The Balaban J connectivity index is 1.74. The largest absolute Gasteiger partial charge is 0.449 e. The highest BCUT2D eigenvalue weighted by molar-refractivity contribution is 7.89. The van der Waals surface area contributed by atoms with Gasteiger partial charge in [-0.25, -0.2) is 13.2 Å². The molecular weight excluding hydrogens is 456 g/mol. The molecule has 2 aliphatic rings. The van der Waals surface area contributed by atoms with Gasteiger partial charge in [-0.2, -0.15) is 4.31 Å². The minimum Gasteiger partial charge on any atom is -0.449 e. The molecule has 1 aromatic carbocycles. The van der Waals surface area contributed by atoms with Crippen LogP contribution in [0.1, 0.15) is 56.8 Å². The SMILES string of the molecule is CC1CN(C(=O)C(C)OC(=O)c2ccc(Cl)c(S(=O)(=O)N3CCCCCC3)c2)CC(C)O1. The molecule has 2 heterocycles. The summed E-state index contributed by atoms with van der Waals surface area (Å²) >= 11 is 6.20. The first-order valence-electron chi connectivity index (χ1n) is 11.0. The number of rotatable bonds is 5. The number of amides is 1. The first-order valence-corrected chi connectivity index (χ1v) is 12.9. The first-order chi connectivity index (χ1) is 15.1. The van der Waals surface area contributed by atoms with Crippen LogP contribution in [-0.2, 0) is 24.3 Å². The van der Waals surface area contributed by atoms with Crippen molar-refractivity contribution in [1.29, 1.82) is 0 Å². The first kappa shape index (κ1) is 25.0. The summed E-state index contributed by atoms with van der Waals surface area (Å²) in [6.45, 7) is 6.97. The Morgan fingerprint density at radius 2 is 1.69 bits per heavy atom. The fourth-order valence-corrected chi connectivity index (χ4v) is 6.16. The molecule has 2 aliphatic heterocycles. The molecule has 8 nitrogen and oxygen atoms in total. The molecule has 3 atom stereocenters. The number of hydrogen-bond acceptors (Lipinski definition) is 6. The van der Waals surface area contributed by atoms with E-state index < -0.39 is 22.1 Å². The molecule has 178 valence electrons. The Kier molecular flexibility index (Phi) is 8.19. The zero-order valence-corrected chi connectivity index (χ0v) is 20.3. The van der Waals surface area contributed by atoms with Crippen molar-refractivity contribution in [3.05, 3.63) is 28.8 Å². The molecule has 2 saturated heterocycles. The average molecular weight is 487 g/mol. The van der Waals surface area contributed by atoms with Gasteiger partial charge in [-0.15, -0.1) is 0 Å². The second-order valence-electron chi connectivity index (χ2n) is 8.51. The van der Waals surface area contributed by atoms with Crippen molar-refractivity contribution in [2.45, 2.75) is 69.7 Å². The van der Waals surface area contributed by atoms with Crippen molar-refractivity contribution in [3.63, 3.8) is 0 Å². The van der Waals surface area contributed by atoms with Gasteiger partial charge >= 0.3 is 5.97 Å². The topological polar surface area (TPSA) is 93.2 Å². The van der Waals surface area contributed by atoms with Gasteiger partial charge < -0.3 is 14.4 Å². The average Bonchev–Trinajstić information content (AvgIpc) is 3.02. The van der Waals surface area contributed by atoms with Crippen molar-refractivity contribution in [1.82, 2.24) is 9.21 Å². The molecule has 10 heteroatoms. The van der Waals surface area contributed by atoms with Crippen LogP contribution in [0.15, 0.2) is 23.1 Å². The molecule has 0 bridgehead atoms. The fraction of sp³-hybridized carbons (Fsp3) is 0.636. The van der Waals surface area contributed by atoms with Crippen LogP contribution < -0.4 is 0 Å². The minimum atomic E-state index is -3.84. The van der Waals surface area contributed by atoms with E-state index in [1.165, 1.54) is 29.4 Å². The van der Waals surface area contributed by atoms with E-state index in [4.69, 9.17) is 21.1 Å². The summed E-state index contributed by atoms with van der Waals surface area (Å²) in [6.07, 6.45) is 2.33. The van der Waals surface area contributed by atoms with Crippen LogP contribution >= 0.6 is 11.6 Å². The number of esters is 1. The molecule has 3 rings (SSSR count). The van der Waals surface area contributed by atoms with E-state index in [1.54, 1.807) is 4.90 Å². The molecule has 2 fully saturated rings. The van der Waals surface area contributed by atoms with Crippen molar-refractivity contribution in [2.24, 2.45) is 0 Å². The van der Waals surface area contributed by atoms with E-state index >= 15 is 0 Å². The number of ether oxygens (including phenoxy) is 2. The summed E-state index contributed by atoms with van der Waals surface area (Å²) in [5.74, 6) is -1.09. The smallest absolute Gasteiger partial charge is 0.338 e. The van der Waals surface area contributed by atoms with Crippen LogP contribution in [0.2, 0.25) is 5.02 Å². The third kappa shape index (κ3) is 5.81. The maximum atomic E-state index is 13.2. The van der Waals surface area contributed by atoms with Crippen LogP contribution in [0.3, 0.4) is 0 Å². The maximum Gasteiger partial charge on any atom is 0.338 e. The third-order valence-electron chi connectivity index (χ3n) is 5.71.